The molecule has 2 amide bonds. The Bertz CT molecular complexity index is 482. The Kier molecular flexibility index (Phi) is 5.53. The largest absolute Gasteiger partial charge is 0.335 e. The second kappa shape index (κ2) is 7.28. The fourth-order valence-electron chi connectivity index (χ4n) is 3.29. The molecule has 2 fully saturated rings. The van der Waals surface area contributed by atoms with Crippen LogP contribution in [0.2, 0.25) is 0 Å². The summed E-state index contributed by atoms with van der Waals surface area (Å²) in [6, 6.07) is 0.230. The number of nitrogens with zero attached hydrogens (tertiary/aromatic N) is 1. The molecule has 2 saturated heterocycles. The maximum Gasteiger partial charge on any atom is 0.317 e. The average Bonchev–Trinajstić information content (AvgIpc) is 3.33. The van der Waals surface area contributed by atoms with Gasteiger partial charge >= 0.3 is 6.03 Å². The highest BCUT2D eigenvalue weighted by molar-refractivity contribution is 8.13. The van der Waals surface area contributed by atoms with Gasteiger partial charge in [0.1, 0.15) is 0 Å². The van der Waals surface area contributed by atoms with E-state index < -0.39 is 0 Å². The number of hydrogen-bond acceptors (Lipinski definition) is 4. The zero-order chi connectivity index (χ0) is 16.6. The van der Waals surface area contributed by atoms with E-state index in [4.69, 9.17) is 5.73 Å². The zero-order valence-corrected chi connectivity index (χ0v) is 16.0. The fourth-order valence-corrected chi connectivity index (χ4v) is 6.22. The standard InChI is InChI=1S/C17H29N3OS2/c1-10(2)4-6-20(7-5-18)17(21)19-11(3)8-12-9-13-15(22-13)16-14(12)23-16/h9-11,13-16H,4-8,18H2,1-3H3,(H,19,21)/t11-,13?,14?,15?,16?/m0/s1. The first kappa shape index (κ1) is 17.5. The predicted molar refractivity (Wildman–Crippen MR) is 101 cm³/mol. The van der Waals surface area contributed by atoms with Gasteiger partial charge in [0.15, 0.2) is 0 Å². The van der Waals surface area contributed by atoms with Crippen molar-refractivity contribution < 1.29 is 4.79 Å². The molecule has 0 spiro atoms. The van der Waals surface area contributed by atoms with Crippen molar-refractivity contribution in [3.05, 3.63) is 11.6 Å². The predicted octanol–water partition coefficient (Wildman–Crippen LogP) is 2.69. The summed E-state index contributed by atoms with van der Waals surface area (Å²) in [6.45, 7) is 8.43. The van der Waals surface area contributed by atoms with Gasteiger partial charge in [-0.3, -0.25) is 0 Å². The quantitative estimate of drug-likeness (QED) is 0.519. The third-order valence-corrected chi connectivity index (χ3v) is 7.69. The van der Waals surface area contributed by atoms with Crippen molar-refractivity contribution in [3.63, 3.8) is 0 Å². The van der Waals surface area contributed by atoms with Gasteiger partial charge in [0.2, 0.25) is 0 Å². The third kappa shape index (κ3) is 4.40. The smallest absolute Gasteiger partial charge is 0.317 e. The molecule has 3 aliphatic rings. The Labute approximate surface area is 148 Å². The number of carbonyl (C=O) groups is 1. The van der Waals surface area contributed by atoms with E-state index in [9.17, 15) is 4.79 Å². The first-order chi connectivity index (χ1) is 11.0. The van der Waals surface area contributed by atoms with E-state index in [1.807, 2.05) is 4.90 Å². The number of hydrogen-bond donors (Lipinski definition) is 2. The van der Waals surface area contributed by atoms with Crippen LogP contribution in [0.25, 0.3) is 0 Å². The Hall–Kier alpha value is -0.330. The van der Waals surface area contributed by atoms with Crippen molar-refractivity contribution in [2.24, 2.45) is 11.7 Å². The van der Waals surface area contributed by atoms with Crippen LogP contribution in [-0.4, -0.2) is 57.6 Å². The molecule has 23 heavy (non-hydrogen) atoms. The molecule has 4 nitrogen and oxygen atoms in total. The first-order valence-electron chi connectivity index (χ1n) is 8.76. The molecule has 0 aromatic heterocycles. The summed E-state index contributed by atoms with van der Waals surface area (Å²) < 4.78 is 0. The SMILES string of the molecule is CC(C)CCN(CCN)C(=O)N[C@@H](C)CC1=CC2SC2C2SC12. The zero-order valence-electron chi connectivity index (χ0n) is 14.3. The molecule has 130 valence electrons. The molecule has 5 atom stereocenters. The lowest BCUT2D eigenvalue weighted by Gasteiger charge is -2.26. The lowest BCUT2D eigenvalue weighted by Crippen LogP contribution is -2.46. The van der Waals surface area contributed by atoms with Gasteiger partial charge in [0, 0.05) is 46.7 Å². The minimum atomic E-state index is 0.0404. The van der Waals surface area contributed by atoms with Crippen LogP contribution in [0.4, 0.5) is 4.79 Å². The number of amides is 2. The van der Waals surface area contributed by atoms with Crippen molar-refractivity contribution in [2.75, 3.05) is 19.6 Å². The van der Waals surface area contributed by atoms with E-state index in [1.54, 1.807) is 5.57 Å². The first-order valence-corrected chi connectivity index (χ1v) is 10.6. The van der Waals surface area contributed by atoms with Crippen LogP contribution in [0, 0.1) is 5.92 Å². The molecule has 6 heteroatoms. The number of carbonyl (C=O) groups excluding carboxylic acids is 1. The lowest BCUT2D eigenvalue weighted by atomic mass is 9.95. The minimum absolute atomic E-state index is 0.0404. The highest BCUT2D eigenvalue weighted by atomic mass is 32.2. The van der Waals surface area contributed by atoms with Gasteiger partial charge in [0.25, 0.3) is 0 Å². The van der Waals surface area contributed by atoms with Crippen LogP contribution in [0.5, 0.6) is 0 Å². The van der Waals surface area contributed by atoms with E-state index in [0.717, 1.165) is 40.4 Å². The molecule has 1 aliphatic carbocycles. The Morgan fingerprint density at radius 2 is 2.09 bits per heavy atom. The third-order valence-electron chi connectivity index (χ3n) is 4.73. The van der Waals surface area contributed by atoms with Crippen molar-refractivity contribution in [1.82, 2.24) is 10.2 Å². The van der Waals surface area contributed by atoms with E-state index in [1.165, 1.54) is 0 Å². The molecule has 2 aliphatic heterocycles. The summed E-state index contributed by atoms with van der Waals surface area (Å²) >= 11 is 4.22. The molecule has 0 aromatic carbocycles. The highest BCUT2D eigenvalue weighted by Gasteiger charge is 2.59. The van der Waals surface area contributed by atoms with Gasteiger partial charge in [0.05, 0.1) is 0 Å². The van der Waals surface area contributed by atoms with Gasteiger partial charge in [-0.25, -0.2) is 4.79 Å². The Morgan fingerprint density at radius 3 is 2.78 bits per heavy atom. The molecule has 0 saturated carbocycles. The molecule has 4 unspecified atom stereocenters. The maximum absolute atomic E-state index is 12.5. The van der Waals surface area contributed by atoms with Crippen LogP contribution in [-0.2, 0) is 0 Å². The second-order valence-corrected chi connectivity index (χ2v) is 10.0. The van der Waals surface area contributed by atoms with Gasteiger partial charge in [-0.2, -0.15) is 0 Å². The van der Waals surface area contributed by atoms with Gasteiger partial charge < -0.3 is 16.0 Å². The topological polar surface area (TPSA) is 58.4 Å². The summed E-state index contributed by atoms with van der Waals surface area (Å²) in [5, 5.41) is 6.45. The van der Waals surface area contributed by atoms with Crippen molar-refractivity contribution >= 4 is 29.6 Å². The summed E-state index contributed by atoms with van der Waals surface area (Å²) in [5.41, 5.74) is 7.22. The highest BCUT2D eigenvalue weighted by Crippen LogP contribution is 2.65. The number of nitrogens with two attached hydrogens (primary N) is 1. The monoisotopic (exact) mass is 355 g/mol. The normalized spacial score (nSPS) is 31.8. The van der Waals surface area contributed by atoms with Crippen molar-refractivity contribution in [2.45, 2.75) is 60.7 Å². The lowest BCUT2D eigenvalue weighted by molar-refractivity contribution is 0.193. The minimum Gasteiger partial charge on any atom is -0.335 e. The van der Waals surface area contributed by atoms with Crippen molar-refractivity contribution in [3.8, 4) is 0 Å². The molecule has 0 radical (unpaired) electrons. The van der Waals surface area contributed by atoms with Crippen LogP contribution in [0.3, 0.4) is 0 Å². The molecule has 2 heterocycles. The molecule has 3 N–H and O–H groups in total. The number of fused-ring (bicyclic) bond motifs is 3. The average molecular weight is 356 g/mol. The maximum atomic E-state index is 12.5. The Morgan fingerprint density at radius 1 is 1.30 bits per heavy atom. The van der Waals surface area contributed by atoms with E-state index in [2.05, 4.69) is 55.7 Å². The van der Waals surface area contributed by atoms with Crippen molar-refractivity contribution in [1.29, 1.82) is 0 Å². The van der Waals surface area contributed by atoms with Gasteiger partial charge in [-0.05, 0) is 25.7 Å². The van der Waals surface area contributed by atoms with Crippen LogP contribution >= 0.6 is 23.5 Å². The fraction of sp³-hybridized carbons (Fsp3) is 0.824. The second-order valence-electron chi connectivity index (χ2n) is 7.34. The van der Waals surface area contributed by atoms with E-state index >= 15 is 0 Å². The summed E-state index contributed by atoms with van der Waals surface area (Å²) in [7, 11) is 0. The number of urea groups is 1. The summed E-state index contributed by atoms with van der Waals surface area (Å²) in [6.07, 6.45) is 4.48. The Balaban J connectivity index is 1.47. The summed E-state index contributed by atoms with van der Waals surface area (Å²) in [4.78, 5) is 14.4. The molecule has 3 rings (SSSR count). The molecule has 0 aromatic rings. The van der Waals surface area contributed by atoms with Crippen LogP contribution in [0.15, 0.2) is 11.6 Å². The van der Waals surface area contributed by atoms with Crippen LogP contribution in [0.1, 0.15) is 33.6 Å². The van der Waals surface area contributed by atoms with E-state index in [0.29, 0.717) is 19.0 Å². The molecular weight excluding hydrogens is 326 g/mol. The van der Waals surface area contributed by atoms with Gasteiger partial charge in [-0.15, -0.1) is 23.5 Å². The molecular formula is C17H29N3OS2. The van der Waals surface area contributed by atoms with Gasteiger partial charge in [-0.1, -0.05) is 25.5 Å². The summed E-state index contributed by atoms with van der Waals surface area (Å²) in [5.74, 6) is 0.598. The molecule has 0 bridgehead atoms. The van der Waals surface area contributed by atoms with Crippen LogP contribution < -0.4 is 11.1 Å². The van der Waals surface area contributed by atoms with E-state index in [-0.39, 0.29) is 12.1 Å². The number of nitrogens with one attached hydrogen (secondary N) is 1. The number of rotatable bonds is 8. The number of thioether (sulfide) groups is 2.